The first kappa shape index (κ1) is 11.0. The molecule has 15 heavy (non-hydrogen) atoms. The van der Waals surface area contributed by atoms with E-state index in [0.29, 0.717) is 37.8 Å². The van der Waals surface area contributed by atoms with Crippen molar-refractivity contribution in [1.82, 2.24) is 4.90 Å². The van der Waals surface area contributed by atoms with Crippen LogP contribution < -0.4 is 0 Å². The Hall–Kier alpha value is -0.510. The van der Waals surface area contributed by atoms with Crippen LogP contribution >= 0.6 is 0 Å². The molecule has 2 rings (SSSR count). The summed E-state index contributed by atoms with van der Waals surface area (Å²) in [5.74, 6) is -2.13. The molecule has 0 N–H and O–H groups in total. The number of hydrogen-bond donors (Lipinski definition) is 0. The quantitative estimate of drug-likeness (QED) is 0.671. The third kappa shape index (κ3) is 2.74. The van der Waals surface area contributed by atoms with Crippen LogP contribution in [0.2, 0.25) is 0 Å². The Morgan fingerprint density at radius 1 is 1.13 bits per heavy atom. The fourth-order valence-electron chi connectivity index (χ4n) is 2.51. The predicted octanol–water partition coefficient (Wildman–Crippen LogP) is 2.23. The third-order valence-electron chi connectivity index (χ3n) is 3.56. The van der Waals surface area contributed by atoms with E-state index in [-0.39, 0.29) is 12.8 Å². The van der Waals surface area contributed by atoms with E-state index in [9.17, 15) is 13.6 Å². The van der Waals surface area contributed by atoms with E-state index < -0.39 is 5.92 Å². The average molecular weight is 217 g/mol. The molecule has 0 spiro atoms. The lowest BCUT2D eigenvalue weighted by atomic mass is 9.91. The van der Waals surface area contributed by atoms with Crippen LogP contribution in [-0.2, 0) is 4.79 Å². The summed E-state index contributed by atoms with van der Waals surface area (Å²) >= 11 is 0. The second kappa shape index (κ2) is 4.16. The van der Waals surface area contributed by atoms with Crippen LogP contribution in [0.4, 0.5) is 8.78 Å². The van der Waals surface area contributed by atoms with E-state index in [1.54, 1.807) is 0 Å². The monoisotopic (exact) mass is 217 g/mol. The molecule has 1 saturated carbocycles. The van der Waals surface area contributed by atoms with Gasteiger partial charge in [-0.1, -0.05) is 0 Å². The second-order valence-electron chi connectivity index (χ2n) is 4.66. The lowest BCUT2D eigenvalue weighted by molar-refractivity contribution is -0.122. The molecule has 2 nitrogen and oxygen atoms in total. The smallest absolute Gasteiger partial charge is 0.250 e. The first-order valence-corrected chi connectivity index (χ1v) is 5.70. The number of halogens is 2. The zero-order chi connectivity index (χ0) is 10.9. The van der Waals surface area contributed by atoms with E-state index >= 15 is 0 Å². The van der Waals surface area contributed by atoms with Gasteiger partial charge in [-0.25, -0.2) is 8.78 Å². The standard InChI is InChI=1S/C11H17F2NO/c12-11(13)5-7-14(8-6-11)9-1-3-10(15)4-2-9/h9H,1-8H2. The minimum atomic E-state index is -2.46. The van der Waals surface area contributed by atoms with Gasteiger partial charge in [0.25, 0.3) is 5.92 Å². The molecule has 0 atom stereocenters. The molecule has 1 aliphatic carbocycles. The molecule has 1 heterocycles. The van der Waals surface area contributed by atoms with E-state index in [1.165, 1.54) is 0 Å². The minimum absolute atomic E-state index is 0.0164. The Morgan fingerprint density at radius 3 is 2.20 bits per heavy atom. The zero-order valence-electron chi connectivity index (χ0n) is 8.85. The highest BCUT2D eigenvalue weighted by atomic mass is 19.3. The van der Waals surface area contributed by atoms with Gasteiger partial charge in [0.05, 0.1) is 0 Å². The fraction of sp³-hybridized carbons (Fsp3) is 0.909. The van der Waals surface area contributed by atoms with Gasteiger partial charge < -0.3 is 0 Å². The van der Waals surface area contributed by atoms with Crippen LogP contribution in [0.25, 0.3) is 0 Å². The van der Waals surface area contributed by atoms with E-state index in [0.717, 1.165) is 12.8 Å². The van der Waals surface area contributed by atoms with Gasteiger partial charge in [-0.3, -0.25) is 9.69 Å². The normalized spacial score (nSPS) is 29.3. The highest BCUT2D eigenvalue weighted by Gasteiger charge is 2.36. The molecule has 0 radical (unpaired) electrons. The van der Waals surface area contributed by atoms with Crippen LogP contribution in [0, 0.1) is 0 Å². The first-order chi connectivity index (χ1) is 7.07. The number of rotatable bonds is 1. The van der Waals surface area contributed by atoms with Crippen LogP contribution in [0.1, 0.15) is 38.5 Å². The van der Waals surface area contributed by atoms with Crippen molar-refractivity contribution in [3.63, 3.8) is 0 Å². The number of ketones is 1. The maximum Gasteiger partial charge on any atom is 0.250 e. The molecule has 1 aliphatic heterocycles. The summed E-state index contributed by atoms with van der Waals surface area (Å²) in [6, 6.07) is 0.374. The average Bonchev–Trinajstić information content (AvgIpc) is 2.20. The molecule has 0 aromatic heterocycles. The lowest BCUT2D eigenvalue weighted by Gasteiger charge is -2.38. The van der Waals surface area contributed by atoms with Gasteiger partial charge in [-0.05, 0) is 12.8 Å². The molecule has 0 amide bonds. The molecule has 0 aromatic rings. The van der Waals surface area contributed by atoms with Crippen molar-refractivity contribution in [3.8, 4) is 0 Å². The largest absolute Gasteiger partial charge is 0.300 e. The summed E-state index contributed by atoms with van der Waals surface area (Å²) in [5, 5.41) is 0. The topological polar surface area (TPSA) is 20.3 Å². The van der Waals surface area contributed by atoms with Gasteiger partial charge in [-0.2, -0.15) is 0 Å². The number of hydrogen-bond acceptors (Lipinski definition) is 2. The molecular formula is C11H17F2NO. The molecule has 0 unspecified atom stereocenters. The molecule has 0 bridgehead atoms. The first-order valence-electron chi connectivity index (χ1n) is 5.70. The van der Waals surface area contributed by atoms with Gasteiger partial charge in [0.1, 0.15) is 5.78 Å². The number of nitrogens with zero attached hydrogens (tertiary/aromatic N) is 1. The van der Waals surface area contributed by atoms with Crippen molar-refractivity contribution in [1.29, 1.82) is 0 Å². The molecule has 2 fully saturated rings. The van der Waals surface area contributed by atoms with Crippen LogP contribution in [0.15, 0.2) is 0 Å². The SMILES string of the molecule is O=C1CCC(N2CCC(F)(F)CC2)CC1. The molecule has 86 valence electrons. The van der Waals surface area contributed by atoms with Crippen molar-refractivity contribution in [2.24, 2.45) is 0 Å². The molecule has 4 heteroatoms. The fourth-order valence-corrected chi connectivity index (χ4v) is 2.51. The number of carbonyl (C=O) groups is 1. The van der Waals surface area contributed by atoms with Crippen molar-refractivity contribution in [2.75, 3.05) is 13.1 Å². The number of carbonyl (C=O) groups excluding carboxylic acids is 1. The third-order valence-corrected chi connectivity index (χ3v) is 3.56. The molecule has 2 aliphatic rings. The Morgan fingerprint density at radius 2 is 1.67 bits per heavy atom. The molecule has 0 aromatic carbocycles. The highest BCUT2D eigenvalue weighted by molar-refractivity contribution is 5.79. The summed E-state index contributed by atoms with van der Waals surface area (Å²) < 4.78 is 25.9. The van der Waals surface area contributed by atoms with Crippen LogP contribution in [-0.4, -0.2) is 35.7 Å². The van der Waals surface area contributed by atoms with Crippen molar-refractivity contribution < 1.29 is 13.6 Å². The van der Waals surface area contributed by atoms with E-state index in [1.807, 2.05) is 0 Å². The van der Waals surface area contributed by atoms with Crippen molar-refractivity contribution in [3.05, 3.63) is 0 Å². The second-order valence-corrected chi connectivity index (χ2v) is 4.66. The summed E-state index contributed by atoms with van der Waals surface area (Å²) in [5.41, 5.74) is 0. The van der Waals surface area contributed by atoms with Gasteiger partial charge >= 0.3 is 0 Å². The summed E-state index contributed by atoms with van der Waals surface area (Å²) in [6.07, 6.45) is 2.97. The summed E-state index contributed by atoms with van der Waals surface area (Å²) in [4.78, 5) is 13.2. The Kier molecular flexibility index (Phi) is 3.05. The summed E-state index contributed by atoms with van der Waals surface area (Å²) in [7, 11) is 0. The van der Waals surface area contributed by atoms with Crippen molar-refractivity contribution >= 4 is 5.78 Å². The Bertz CT molecular complexity index is 235. The number of Topliss-reactive ketones (excluding diaryl/α,β-unsaturated/α-hetero) is 1. The Labute approximate surface area is 88.6 Å². The molecule has 1 saturated heterocycles. The lowest BCUT2D eigenvalue weighted by Crippen LogP contribution is -2.46. The van der Waals surface area contributed by atoms with Crippen LogP contribution in [0.3, 0.4) is 0 Å². The number of piperidine rings is 1. The van der Waals surface area contributed by atoms with E-state index in [4.69, 9.17) is 0 Å². The molecular weight excluding hydrogens is 200 g/mol. The summed E-state index contributed by atoms with van der Waals surface area (Å²) in [6.45, 7) is 0.984. The van der Waals surface area contributed by atoms with Gasteiger partial charge in [-0.15, -0.1) is 0 Å². The number of likely N-dealkylation sites (tertiary alicyclic amines) is 1. The van der Waals surface area contributed by atoms with Gasteiger partial charge in [0.15, 0.2) is 0 Å². The predicted molar refractivity (Wildman–Crippen MR) is 53.0 cm³/mol. The van der Waals surface area contributed by atoms with Gasteiger partial charge in [0.2, 0.25) is 0 Å². The van der Waals surface area contributed by atoms with E-state index in [2.05, 4.69) is 4.90 Å². The number of alkyl halides is 2. The Balaban J connectivity index is 1.83. The van der Waals surface area contributed by atoms with Crippen molar-refractivity contribution in [2.45, 2.75) is 50.5 Å². The highest BCUT2D eigenvalue weighted by Crippen LogP contribution is 2.31. The minimum Gasteiger partial charge on any atom is -0.300 e. The van der Waals surface area contributed by atoms with Gasteiger partial charge in [0, 0.05) is 44.8 Å². The zero-order valence-corrected chi connectivity index (χ0v) is 8.85. The maximum absolute atomic E-state index is 12.9. The maximum atomic E-state index is 12.9. The van der Waals surface area contributed by atoms with Crippen LogP contribution in [0.5, 0.6) is 0 Å².